The molecule has 0 N–H and O–H groups in total. The van der Waals surface area contributed by atoms with Crippen LogP contribution in [0.5, 0.6) is 0 Å². The molecule has 0 unspecified atom stereocenters. The summed E-state index contributed by atoms with van der Waals surface area (Å²) in [6.07, 6.45) is 6.54. The van der Waals surface area contributed by atoms with Crippen LogP contribution in [0.15, 0.2) is 116 Å². The molecule has 1 saturated carbocycles. The van der Waals surface area contributed by atoms with Crippen molar-refractivity contribution in [3.05, 3.63) is 139 Å². The van der Waals surface area contributed by atoms with Crippen molar-refractivity contribution < 1.29 is 27.0 Å². The molecule has 249 valence electrons. The van der Waals surface area contributed by atoms with Crippen molar-refractivity contribution in [2.75, 3.05) is 0 Å². The summed E-state index contributed by atoms with van der Waals surface area (Å²) >= 11 is 1.77. The third-order valence-electron chi connectivity index (χ3n) is 9.00. The van der Waals surface area contributed by atoms with Crippen LogP contribution in [0.1, 0.15) is 43.7 Å². The zero-order valence-electron chi connectivity index (χ0n) is 33.0. The van der Waals surface area contributed by atoms with Crippen molar-refractivity contribution in [3.8, 4) is 33.6 Å². The van der Waals surface area contributed by atoms with Crippen molar-refractivity contribution >= 4 is 44.8 Å². The van der Waals surface area contributed by atoms with Gasteiger partial charge in [-0.25, -0.2) is 0 Å². The van der Waals surface area contributed by atoms with Gasteiger partial charge in [0.25, 0.3) is 0 Å². The average molecular weight is 856 g/mol. The maximum absolute atomic E-state index is 8.81. The molecule has 0 saturated heterocycles. The first kappa shape index (κ1) is 29.0. The number of nitrogens with zero attached hydrogens (tertiary/aromatic N) is 2. The third-order valence-corrected chi connectivity index (χ3v) is 12.2. The molecular weight excluding hydrogens is 809 g/mol. The zero-order valence-corrected chi connectivity index (χ0v) is 32.2. The normalized spacial score (nSPS) is 15.3. The molecule has 0 bridgehead atoms. The average Bonchev–Trinajstić information content (AvgIpc) is 3.84. The maximum atomic E-state index is 8.81. The van der Waals surface area contributed by atoms with E-state index in [2.05, 4.69) is 96.3 Å². The Morgan fingerprint density at radius 2 is 1.67 bits per heavy atom. The van der Waals surface area contributed by atoms with Crippen LogP contribution in [0.3, 0.4) is 0 Å². The smallest absolute Gasteiger partial charge is 0.0795 e. The third kappa shape index (κ3) is 8.19. The molecule has 0 spiro atoms. The maximum Gasteiger partial charge on any atom is 0.0795 e. The number of hydrogen-bond donors (Lipinski definition) is 0. The van der Waals surface area contributed by atoms with Gasteiger partial charge < -0.3 is 9.97 Å². The van der Waals surface area contributed by atoms with Gasteiger partial charge in [0.05, 0.1) is 8.07 Å². The number of fused-ring (bicyclic) bond motifs is 3. The largest absolute Gasteiger partial charge is 0.305 e. The number of aromatic nitrogens is 2. The molecule has 0 amide bonds. The number of thiophene rings is 1. The molecule has 0 atom stereocenters. The Morgan fingerprint density at radius 1 is 0.837 bits per heavy atom. The van der Waals surface area contributed by atoms with E-state index in [4.69, 9.17) is 6.85 Å². The molecule has 7 aromatic rings. The summed E-state index contributed by atoms with van der Waals surface area (Å²) < 4.78 is 42.1. The van der Waals surface area contributed by atoms with E-state index in [0.717, 1.165) is 58.5 Å². The minimum atomic E-state index is -2.08. The van der Waals surface area contributed by atoms with Gasteiger partial charge in [-0.3, -0.25) is 0 Å². The first-order valence-corrected chi connectivity index (χ1v) is 21.0. The molecule has 4 aromatic carbocycles. The summed E-state index contributed by atoms with van der Waals surface area (Å²) in [5, 5.41) is 3.75. The fraction of sp³-hybridized carbons (Fsp3) is 0.227. The Kier molecular flexibility index (Phi) is 9.15. The molecule has 0 aliphatic heterocycles. The zero-order chi connectivity index (χ0) is 37.4. The molecular formula is C44H42IrN2SSi-2. The van der Waals surface area contributed by atoms with Crippen LogP contribution in [0, 0.1) is 24.9 Å². The quantitative estimate of drug-likeness (QED) is 0.123. The van der Waals surface area contributed by atoms with Crippen LogP contribution in [0.2, 0.25) is 19.6 Å². The van der Waals surface area contributed by atoms with E-state index in [0.29, 0.717) is 5.56 Å². The molecule has 3 aromatic heterocycles. The summed E-state index contributed by atoms with van der Waals surface area (Å²) in [4.78, 5) is 9.11. The Hall–Kier alpha value is -3.73. The number of aryl methyl sites for hydroxylation is 1. The van der Waals surface area contributed by atoms with Crippen molar-refractivity contribution in [2.45, 2.75) is 58.5 Å². The number of hydrogen-bond acceptors (Lipinski definition) is 3. The van der Waals surface area contributed by atoms with Crippen LogP contribution in [0.25, 0.3) is 53.8 Å². The molecule has 5 heteroatoms. The molecule has 1 radical (unpaired) electrons. The second-order valence-electron chi connectivity index (χ2n) is 13.5. The van der Waals surface area contributed by atoms with Gasteiger partial charge in [0.1, 0.15) is 0 Å². The number of benzene rings is 4. The van der Waals surface area contributed by atoms with E-state index < -0.39 is 21.3 Å². The van der Waals surface area contributed by atoms with Crippen molar-refractivity contribution in [2.24, 2.45) is 5.92 Å². The van der Waals surface area contributed by atoms with Gasteiger partial charge in [-0.15, -0.1) is 59.2 Å². The Balaban J connectivity index is 0.000000205. The summed E-state index contributed by atoms with van der Waals surface area (Å²) in [5.74, 6) is 0.0910. The van der Waals surface area contributed by atoms with Crippen LogP contribution in [0.4, 0.5) is 0 Å². The van der Waals surface area contributed by atoms with Crippen LogP contribution >= 0.6 is 11.3 Å². The van der Waals surface area contributed by atoms with Gasteiger partial charge in [0, 0.05) is 44.1 Å². The Labute approximate surface area is 317 Å². The summed E-state index contributed by atoms with van der Waals surface area (Å²) in [5.41, 5.74) is 6.87. The van der Waals surface area contributed by atoms with Crippen LogP contribution < -0.4 is 5.19 Å². The van der Waals surface area contributed by atoms with Gasteiger partial charge in [0.15, 0.2) is 0 Å². The molecule has 49 heavy (non-hydrogen) atoms. The topological polar surface area (TPSA) is 25.8 Å². The molecule has 3 heterocycles. The number of pyridine rings is 2. The van der Waals surface area contributed by atoms with Crippen molar-refractivity contribution in [1.82, 2.24) is 9.97 Å². The summed E-state index contributed by atoms with van der Waals surface area (Å²) in [6.45, 7) is 4.76. The predicted octanol–water partition coefficient (Wildman–Crippen LogP) is 11.7. The van der Waals surface area contributed by atoms with E-state index in [1.54, 1.807) is 29.7 Å². The second-order valence-corrected chi connectivity index (χ2v) is 19.6. The van der Waals surface area contributed by atoms with E-state index >= 15 is 0 Å². The molecule has 8 rings (SSSR count). The van der Waals surface area contributed by atoms with Gasteiger partial charge in [-0.1, -0.05) is 124 Å². The van der Waals surface area contributed by atoms with Crippen LogP contribution in [-0.4, -0.2) is 18.0 Å². The van der Waals surface area contributed by atoms with E-state index in [1.165, 1.54) is 37.9 Å². The Morgan fingerprint density at radius 3 is 2.39 bits per heavy atom. The van der Waals surface area contributed by atoms with Crippen molar-refractivity contribution in [1.29, 1.82) is 0 Å². The molecule has 1 aliphatic carbocycles. The van der Waals surface area contributed by atoms with E-state index in [1.807, 2.05) is 36.5 Å². The molecule has 1 aliphatic rings. The Bertz CT molecular complexity index is 2290. The fourth-order valence-electron chi connectivity index (χ4n) is 6.29. The number of rotatable bonds is 6. The molecule has 1 fully saturated rings. The molecule has 2 nitrogen and oxygen atoms in total. The van der Waals surface area contributed by atoms with Gasteiger partial charge in [-0.2, -0.15) is 11.3 Å². The first-order valence-electron chi connectivity index (χ1n) is 19.2. The fourth-order valence-corrected chi connectivity index (χ4v) is 8.57. The van der Waals surface area contributed by atoms with Gasteiger partial charge in [-0.05, 0) is 62.2 Å². The predicted molar refractivity (Wildman–Crippen MR) is 209 cm³/mol. The minimum Gasteiger partial charge on any atom is -0.305 e. The monoisotopic (exact) mass is 856 g/mol. The van der Waals surface area contributed by atoms with Crippen molar-refractivity contribution in [3.63, 3.8) is 0 Å². The summed E-state index contributed by atoms with van der Waals surface area (Å²) in [6, 6.07) is 40.4. The van der Waals surface area contributed by atoms with Gasteiger partial charge >= 0.3 is 0 Å². The van der Waals surface area contributed by atoms with Gasteiger partial charge in [0.2, 0.25) is 0 Å². The summed E-state index contributed by atoms with van der Waals surface area (Å²) in [7, 11) is -1.34. The van der Waals surface area contributed by atoms with Crippen LogP contribution in [-0.2, 0) is 26.5 Å². The van der Waals surface area contributed by atoms with E-state index in [9.17, 15) is 0 Å². The first-order chi connectivity index (χ1) is 25.3. The van der Waals surface area contributed by atoms with E-state index in [-0.39, 0.29) is 26.0 Å². The standard InChI is InChI=1S/C29H24NS.C15H18NSi.Ir/c1-2-9-22(10-3-1)23-13-14-24-25-11-6-12-26(29(25)31-28(24)19-23)27-18-21(15-16-30-27)17-20-7-4-5-8-20;1-12-5-7-13(8-6-12)15-10-9-14(11-16-15)17(2,3)4;/h1-3,6,9-11,13-16,18-20H,4-5,7-8,17H2;5-7,9-11H,1-4H3;/q2*-1;/i17D2;1D3;. The minimum absolute atomic E-state index is 0. The SMILES string of the molecule is [2H]C([2H])([2H])c1c[c-]c(-c2ccc([Si](C)(C)C)cn2)cc1.[2H]C([2H])(c1ccnc(-c2[c-]ccc3c2sc2cc(-c4ccccc4)ccc23)c1)C1CCCC1.[Ir]. The second kappa shape index (κ2) is 15.4.